The molecular formula is C48H42N8O12S4. The molecule has 7 aromatic heterocycles. The maximum absolute atomic E-state index is 11.7. The van der Waals surface area contributed by atoms with Gasteiger partial charge in [-0.3, -0.25) is 0 Å². The second kappa shape index (κ2) is 19.8. The molecule has 0 spiro atoms. The smallest absolute Gasteiger partial charge is 0.176 e. The summed E-state index contributed by atoms with van der Waals surface area (Å²) < 4.78 is 145. The Balaban J connectivity index is 1.36. The number of nitrogens with one attached hydrogen (secondary N) is 2. The van der Waals surface area contributed by atoms with Gasteiger partial charge in [0.1, 0.15) is 40.5 Å². The number of hydrogen-bond donors (Lipinski definition) is 2. The fraction of sp³-hybridized carbons (Fsp3) is 0.167. The summed E-state index contributed by atoms with van der Waals surface area (Å²) in [7, 11) is -18.1. The zero-order chi connectivity index (χ0) is 51.0. The van der Waals surface area contributed by atoms with Crippen LogP contribution in [0.3, 0.4) is 0 Å². The number of aryl methyl sites for hydroxylation is 4. The molecule has 0 atom stereocenters. The van der Waals surface area contributed by atoms with E-state index in [2.05, 4.69) is 9.97 Å². The second-order valence-corrected chi connectivity index (χ2v) is 23.0. The molecule has 0 radical (unpaired) electrons. The molecule has 7 aromatic rings. The number of H-pyrrole nitrogens is 2. The van der Waals surface area contributed by atoms with Crippen LogP contribution in [0, 0.1) is 0 Å². The van der Waals surface area contributed by atoms with Crippen molar-refractivity contribution in [3.8, 4) is 44.5 Å². The first kappa shape index (κ1) is 49.8. The molecule has 24 heteroatoms. The molecule has 9 heterocycles. The Morgan fingerprint density at radius 1 is 0.361 bits per heavy atom. The van der Waals surface area contributed by atoms with Crippen molar-refractivity contribution >= 4 is 86.8 Å². The summed E-state index contributed by atoms with van der Waals surface area (Å²) in [6.45, 7) is -0.396. The molecule has 9 rings (SSSR count). The normalized spacial score (nSPS) is 12.9. The van der Waals surface area contributed by atoms with Gasteiger partial charge in [-0.25, -0.2) is 61.9 Å². The van der Waals surface area contributed by atoms with Gasteiger partial charge in [0.2, 0.25) is 0 Å². The average molecular weight is 1050 g/mol. The van der Waals surface area contributed by atoms with E-state index in [1.54, 1.807) is 104 Å². The lowest BCUT2D eigenvalue weighted by Gasteiger charge is -2.07. The Bertz CT molecular complexity index is 3730. The fourth-order valence-electron chi connectivity index (χ4n) is 8.45. The van der Waals surface area contributed by atoms with E-state index in [9.17, 15) is 51.9 Å². The van der Waals surface area contributed by atoms with Crippen molar-refractivity contribution in [3.63, 3.8) is 0 Å². The van der Waals surface area contributed by atoms with Crippen molar-refractivity contribution in [2.24, 2.45) is 0 Å². The largest absolute Gasteiger partial charge is 0.748 e. The minimum atomic E-state index is -4.55. The van der Waals surface area contributed by atoms with Crippen molar-refractivity contribution in [1.29, 1.82) is 0 Å². The Morgan fingerprint density at radius 3 is 0.931 bits per heavy atom. The van der Waals surface area contributed by atoms with E-state index >= 15 is 0 Å². The highest BCUT2D eigenvalue weighted by molar-refractivity contribution is 7.86. The van der Waals surface area contributed by atoms with Crippen molar-refractivity contribution in [2.45, 2.75) is 26.2 Å². The van der Waals surface area contributed by atoms with Gasteiger partial charge in [-0.1, -0.05) is 0 Å². The summed E-state index contributed by atoms with van der Waals surface area (Å²) >= 11 is 0. The number of aromatic nitrogens is 8. The third kappa shape index (κ3) is 12.1. The molecule has 0 fully saturated rings. The van der Waals surface area contributed by atoms with Gasteiger partial charge in [-0.05, 0) is 71.8 Å². The first-order valence-corrected chi connectivity index (χ1v) is 28.3. The van der Waals surface area contributed by atoms with Crippen molar-refractivity contribution in [2.75, 3.05) is 23.0 Å². The molecule has 2 aliphatic heterocycles. The molecule has 0 amide bonds. The first-order valence-electron chi connectivity index (χ1n) is 22.0. The number of rotatable bonds is 16. The van der Waals surface area contributed by atoms with Crippen LogP contribution in [-0.2, 0) is 66.7 Å². The van der Waals surface area contributed by atoms with Gasteiger partial charge in [0.05, 0.1) is 45.8 Å². The lowest BCUT2D eigenvalue weighted by Crippen LogP contribution is -2.36. The molecule has 0 saturated heterocycles. The summed E-state index contributed by atoms with van der Waals surface area (Å²) in [5, 5.41) is 0. The Kier molecular flexibility index (Phi) is 13.7. The fourth-order valence-corrected chi connectivity index (χ4v) is 10.2. The van der Waals surface area contributed by atoms with Crippen LogP contribution in [0.1, 0.15) is 22.8 Å². The van der Waals surface area contributed by atoms with Crippen LogP contribution in [0.5, 0.6) is 0 Å². The lowest BCUT2D eigenvalue weighted by atomic mass is 10.1. The highest BCUT2D eigenvalue weighted by atomic mass is 32.2. The van der Waals surface area contributed by atoms with E-state index in [0.717, 1.165) is 0 Å². The number of pyridine rings is 4. The van der Waals surface area contributed by atoms with E-state index in [-0.39, 0.29) is 26.2 Å². The molecule has 0 aromatic carbocycles. The van der Waals surface area contributed by atoms with E-state index in [4.69, 9.17) is 9.97 Å². The zero-order valence-electron chi connectivity index (χ0n) is 37.7. The molecule has 20 nitrogen and oxygen atoms in total. The van der Waals surface area contributed by atoms with E-state index in [0.29, 0.717) is 89.4 Å². The maximum atomic E-state index is 11.7. The van der Waals surface area contributed by atoms with Crippen molar-refractivity contribution in [1.82, 2.24) is 19.9 Å². The Hall–Kier alpha value is -7.16. The molecular weight excluding hydrogens is 1010 g/mol. The minimum absolute atomic E-state index is 0.0791. The summed E-state index contributed by atoms with van der Waals surface area (Å²) in [6.07, 6.45) is 20.6. The number of aromatic amines is 2. The topological polar surface area (TPSA) is 302 Å². The molecule has 2 aliphatic rings. The molecule has 0 saturated carbocycles. The number of fused-ring (bicyclic) bond motifs is 8. The van der Waals surface area contributed by atoms with Gasteiger partial charge < -0.3 is 28.2 Å². The lowest BCUT2D eigenvalue weighted by molar-refractivity contribution is -0.692. The molecule has 2 N–H and O–H groups in total. The van der Waals surface area contributed by atoms with Gasteiger partial charge in [0, 0.05) is 91.8 Å². The Morgan fingerprint density at radius 2 is 0.639 bits per heavy atom. The van der Waals surface area contributed by atoms with Crippen LogP contribution in [-0.4, -0.2) is 94.8 Å². The highest BCUT2D eigenvalue weighted by Crippen LogP contribution is 2.38. The molecule has 0 aliphatic carbocycles. The third-order valence-electron chi connectivity index (χ3n) is 11.8. The molecule has 0 unspecified atom stereocenters. The highest BCUT2D eigenvalue weighted by Gasteiger charge is 2.22. The summed E-state index contributed by atoms with van der Waals surface area (Å²) in [5.41, 5.74) is 9.22. The molecule has 8 bridgehead atoms. The van der Waals surface area contributed by atoms with Crippen molar-refractivity contribution < 1.29 is 70.2 Å². The van der Waals surface area contributed by atoms with Crippen LogP contribution >= 0.6 is 0 Å². The van der Waals surface area contributed by atoms with E-state index in [1.165, 1.54) is 0 Å². The standard InChI is InChI=1S/C48H42N8O12S4/c57-69(58,59)27-23-53-19-13-33(14-20-53)45-37-5-9-41(49-37)47(35-3-1-17-55(31-35)25-29-71(63,64)65)42-10-6-38(50-42)46(34-15-21-54(22-16-34)24-28-70(60,61)62)40-8-12-44(52-40)48(43-11-7-39(45)51-43)36-4-2-18-56(32-36)26-30-72(66,67)68/h1-22,31-32H,23-30H2,(H2-3,49,50,51,52,57,58,59,60,61,62,63,64,65,66,67,68). The van der Waals surface area contributed by atoms with Crippen molar-refractivity contribution in [3.05, 3.63) is 145 Å². The first-order chi connectivity index (χ1) is 34.1. The monoisotopic (exact) mass is 1050 g/mol. The van der Waals surface area contributed by atoms with Crippen LogP contribution in [0.2, 0.25) is 0 Å². The van der Waals surface area contributed by atoms with Crippen LogP contribution in [0.15, 0.2) is 122 Å². The van der Waals surface area contributed by atoms with Gasteiger partial charge in [-0.15, -0.1) is 0 Å². The summed E-state index contributed by atoms with van der Waals surface area (Å²) in [5.74, 6) is -2.52. The maximum Gasteiger partial charge on any atom is 0.176 e. The zero-order valence-corrected chi connectivity index (χ0v) is 41.0. The summed E-state index contributed by atoms with van der Waals surface area (Å²) in [6, 6.07) is 21.6. The van der Waals surface area contributed by atoms with Gasteiger partial charge in [0.25, 0.3) is 0 Å². The molecule has 370 valence electrons. The Labute approximate surface area is 413 Å². The predicted molar refractivity (Wildman–Crippen MR) is 260 cm³/mol. The van der Waals surface area contributed by atoms with Gasteiger partial charge in [-0.2, -0.15) is 0 Å². The van der Waals surface area contributed by atoms with Crippen LogP contribution < -0.4 is 18.3 Å². The average Bonchev–Trinajstić information content (AvgIpc) is 4.18. The van der Waals surface area contributed by atoms with Crippen LogP contribution in [0.25, 0.3) is 90.9 Å². The van der Waals surface area contributed by atoms with Gasteiger partial charge >= 0.3 is 0 Å². The second-order valence-electron chi connectivity index (χ2n) is 16.9. The predicted octanol–water partition coefficient (Wildman–Crippen LogP) is 2.65. The number of nitrogens with zero attached hydrogens (tertiary/aromatic N) is 6. The van der Waals surface area contributed by atoms with Crippen LogP contribution in [0.4, 0.5) is 0 Å². The SMILES string of the molecule is O=S(=O)([O-])CC[n+]1ccc(-c2c3nc(c(-c4ccc[n+](CCS(=O)(=O)[O-])c4)c4ccc([nH]4)c(-c4cc[n+](CCS(=O)(=O)[O-])cc4)c4nc(c(-c5ccc[n+](CCS(=O)(=O)[O-])c5)c5ccc2[nH]5)C=C4)C=C3)cc1. The number of hydrogen-bond acceptors (Lipinski definition) is 14. The quantitative estimate of drug-likeness (QED) is 0.104. The van der Waals surface area contributed by atoms with E-state index in [1.807, 2.05) is 60.7 Å². The summed E-state index contributed by atoms with van der Waals surface area (Å²) in [4.78, 5) is 17.6. The third-order valence-corrected chi connectivity index (χ3v) is 14.5. The van der Waals surface area contributed by atoms with E-state index < -0.39 is 63.5 Å². The molecule has 72 heavy (non-hydrogen) atoms. The minimum Gasteiger partial charge on any atom is -0.748 e. The van der Waals surface area contributed by atoms with Gasteiger partial charge in [0.15, 0.2) is 75.8 Å².